The summed E-state index contributed by atoms with van der Waals surface area (Å²) in [6.07, 6.45) is 0. The molecule has 1 rings (SSSR count). The zero-order valence-corrected chi connectivity index (χ0v) is 12.1. The van der Waals surface area contributed by atoms with Gasteiger partial charge in [-0.3, -0.25) is 0 Å². The van der Waals surface area contributed by atoms with Crippen molar-refractivity contribution in [1.82, 2.24) is 4.98 Å². The molecule has 0 atom stereocenters. The molecule has 110 valence electrons. The van der Waals surface area contributed by atoms with Crippen molar-refractivity contribution in [2.75, 3.05) is 46.8 Å². The summed E-state index contributed by atoms with van der Waals surface area (Å²) in [4.78, 5) is 3.95. The Bertz CT molecular complexity index is 437. The van der Waals surface area contributed by atoms with Gasteiger partial charge >= 0.3 is 0 Å². The Morgan fingerprint density at radius 3 is 2.40 bits per heavy atom. The van der Waals surface area contributed by atoms with E-state index in [1.165, 1.54) is 12.1 Å². The Balaban J connectivity index is 2.10. The molecule has 0 N–H and O–H groups in total. The van der Waals surface area contributed by atoms with Gasteiger partial charge in [0.2, 0.25) is 5.88 Å². The van der Waals surface area contributed by atoms with E-state index < -0.39 is 0 Å². The van der Waals surface area contributed by atoms with Crippen LogP contribution in [0.2, 0.25) is 5.15 Å². The smallest absolute Gasteiger partial charge is 0.216 e. The van der Waals surface area contributed by atoms with Crippen molar-refractivity contribution in [3.63, 3.8) is 0 Å². The van der Waals surface area contributed by atoms with Crippen LogP contribution in [0.25, 0.3) is 0 Å². The van der Waals surface area contributed by atoms with Crippen LogP contribution in [0.4, 0.5) is 0 Å². The molecule has 0 fully saturated rings. The lowest BCUT2D eigenvalue weighted by Crippen LogP contribution is -2.12. The highest BCUT2D eigenvalue weighted by atomic mass is 35.5. The molecule has 20 heavy (non-hydrogen) atoms. The maximum absolute atomic E-state index is 8.78. The Morgan fingerprint density at radius 2 is 1.75 bits per heavy atom. The Hall–Kier alpha value is -1.39. The van der Waals surface area contributed by atoms with E-state index >= 15 is 0 Å². The number of methoxy groups -OCH3 is 1. The van der Waals surface area contributed by atoms with Gasteiger partial charge in [0.05, 0.1) is 44.7 Å². The molecular formula is C13H17ClN2O4. The molecule has 0 radical (unpaired) electrons. The molecule has 0 unspecified atom stereocenters. The summed E-state index contributed by atoms with van der Waals surface area (Å²) >= 11 is 5.75. The molecular weight excluding hydrogens is 284 g/mol. The number of aromatic nitrogens is 1. The zero-order valence-electron chi connectivity index (χ0n) is 11.3. The van der Waals surface area contributed by atoms with Gasteiger partial charge in [0.1, 0.15) is 11.8 Å². The summed E-state index contributed by atoms with van der Waals surface area (Å²) < 4.78 is 20.7. The molecule has 0 aliphatic carbocycles. The lowest BCUT2D eigenvalue weighted by molar-refractivity contribution is 0.0176. The van der Waals surface area contributed by atoms with Crippen molar-refractivity contribution < 1.29 is 18.9 Å². The first-order valence-corrected chi connectivity index (χ1v) is 6.49. The number of hydrogen-bond acceptors (Lipinski definition) is 6. The summed E-state index contributed by atoms with van der Waals surface area (Å²) in [6, 6.07) is 4.98. The number of ether oxygens (including phenoxy) is 4. The van der Waals surface area contributed by atoms with Crippen LogP contribution in [-0.4, -0.2) is 51.7 Å². The van der Waals surface area contributed by atoms with E-state index in [1.54, 1.807) is 7.11 Å². The minimum Gasteiger partial charge on any atom is -0.475 e. The van der Waals surface area contributed by atoms with E-state index in [0.717, 1.165) is 0 Å². The minimum absolute atomic E-state index is 0.228. The van der Waals surface area contributed by atoms with E-state index in [4.69, 9.17) is 35.8 Å². The van der Waals surface area contributed by atoms with Crippen molar-refractivity contribution in [3.05, 3.63) is 22.8 Å². The fourth-order valence-electron chi connectivity index (χ4n) is 1.28. The fraction of sp³-hybridized carbons (Fsp3) is 0.538. The average Bonchev–Trinajstić information content (AvgIpc) is 2.45. The van der Waals surface area contributed by atoms with Crippen LogP contribution in [0.5, 0.6) is 5.88 Å². The van der Waals surface area contributed by atoms with Crippen molar-refractivity contribution in [3.8, 4) is 11.9 Å². The molecule has 0 aliphatic heterocycles. The number of nitriles is 1. The zero-order chi connectivity index (χ0) is 14.6. The molecule has 7 heteroatoms. The molecule has 1 aromatic heterocycles. The summed E-state index contributed by atoms with van der Waals surface area (Å²) in [5.41, 5.74) is 0.410. The standard InChI is InChI=1S/C13H17ClN2O4/c1-17-2-3-18-4-5-19-6-7-20-13-9-11(10-15)8-12(14)16-13/h8-9H,2-7H2,1H3. The fourth-order valence-corrected chi connectivity index (χ4v) is 1.48. The minimum atomic E-state index is 0.228. The van der Waals surface area contributed by atoms with Gasteiger partial charge in [0.15, 0.2) is 0 Å². The van der Waals surface area contributed by atoms with Crippen molar-refractivity contribution in [2.24, 2.45) is 0 Å². The van der Waals surface area contributed by atoms with E-state index in [1.807, 2.05) is 6.07 Å². The maximum atomic E-state index is 8.78. The highest BCUT2D eigenvalue weighted by molar-refractivity contribution is 6.29. The first-order chi connectivity index (χ1) is 9.76. The number of halogens is 1. The number of hydrogen-bond donors (Lipinski definition) is 0. The van der Waals surface area contributed by atoms with Gasteiger partial charge in [-0.05, 0) is 6.07 Å². The van der Waals surface area contributed by atoms with Gasteiger partial charge < -0.3 is 18.9 Å². The first-order valence-electron chi connectivity index (χ1n) is 6.11. The van der Waals surface area contributed by atoms with E-state index in [0.29, 0.717) is 51.1 Å². The van der Waals surface area contributed by atoms with Crippen LogP contribution in [0, 0.1) is 11.3 Å². The molecule has 6 nitrogen and oxygen atoms in total. The molecule has 1 aromatic rings. The molecule has 0 bridgehead atoms. The van der Waals surface area contributed by atoms with Crippen LogP contribution in [-0.2, 0) is 14.2 Å². The maximum Gasteiger partial charge on any atom is 0.216 e. The molecule has 1 heterocycles. The monoisotopic (exact) mass is 300 g/mol. The lowest BCUT2D eigenvalue weighted by atomic mass is 10.3. The van der Waals surface area contributed by atoms with Gasteiger partial charge in [0, 0.05) is 13.2 Å². The van der Waals surface area contributed by atoms with Crippen LogP contribution >= 0.6 is 11.6 Å². The van der Waals surface area contributed by atoms with Crippen LogP contribution in [0.1, 0.15) is 5.56 Å². The van der Waals surface area contributed by atoms with E-state index in [-0.39, 0.29) is 5.15 Å². The first kappa shape index (κ1) is 16.7. The van der Waals surface area contributed by atoms with E-state index in [2.05, 4.69) is 4.98 Å². The van der Waals surface area contributed by atoms with Crippen molar-refractivity contribution in [1.29, 1.82) is 5.26 Å². The second kappa shape index (κ2) is 10.4. The molecule has 0 aromatic carbocycles. The highest BCUT2D eigenvalue weighted by Gasteiger charge is 2.01. The average molecular weight is 301 g/mol. The highest BCUT2D eigenvalue weighted by Crippen LogP contribution is 2.15. The molecule has 0 spiro atoms. The van der Waals surface area contributed by atoms with Gasteiger partial charge in [0.25, 0.3) is 0 Å². The number of nitrogens with zero attached hydrogens (tertiary/aromatic N) is 2. The van der Waals surface area contributed by atoms with Crippen LogP contribution in [0.3, 0.4) is 0 Å². The van der Waals surface area contributed by atoms with Crippen LogP contribution < -0.4 is 4.74 Å². The second-order valence-corrected chi connectivity index (χ2v) is 4.08. The normalized spacial score (nSPS) is 10.2. The molecule has 0 saturated carbocycles. The predicted molar refractivity (Wildman–Crippen MR) is 73.0 cm³/mol. The number of pyridine rings is 1. The summed E-state index contributed by atoms with van der Waals surface area (Å²) in [5.74, 6) is 0.314. The molecule has 0 saturated heterocycles. The van der Waals surface area contributed by atoms with Gasteiger partial charge in [-0.25, -0.2) is 4.98 Å². The Kier molecular flexibility index (Phi) is 8.67. The van der Waals surface area contributed by atoms with Gasteiger partial charge in [-0.2, -0.15) is 5.26 Å². The second-order valence-electron chi connectivity index (χ2n) is 3.69. The topological polar surface area (TPSA) is 73.6 Å². The third kappa shape index (κ3) is 7.26. The number of rotatable bonds is 10. The Morgan fingerprint density at radius 1 is 1.10 bits per heavy atom. The van der Waals surface area contributed by atoms with E-state index in [9.17, 15) is 0 Å². The summed E-state index contributed by atoms with van der Waals surface area (Å²) in [7, 11) is 1.62. The predicted octanol–water partition coefficient (Wildman–Crippen LogP) is 1.67. The van der Waals surface area contributed by atoms with Gasteiger partial charge in [-0.15, -0.1) is 0 Å². The Labute approximate surface area is 123 Å². The van der Waals surface area contributed by atoms with Crippen molar-refractivity contribution in [2.45, 2.75) is 0 Å². The summed E-state index contributed by atoms with van der Waals surface area (Å²) in [5, 5.41) is 9.01. The lowest BCUT2D eigenvalue weighted by Gasteiger charge is -2.07. The SMILES string of the molecule is COCCOCCOCCOc1cc(C#N)cc(Cl)n1. The third-order valence-corrected chi connectivity index (χ3v) is 2.37. The van der Waals surface area contributed by atoms with Gasteiger partial charge in [-0.1, -0.05) is 11.6 Å². The summed E-state index contributed by atoms with van der Waals surface area (Å²) in [6.45, 7) is 2.86. The largest absolute Gasteiger partial charge is 0.475 e. The molecule has 0 amide bonds. The third-order valence-electron chi connectivity index (χ3n) is 2.18. The quantitative estimate of drug-likeness (QED) is 0.483. The van der Waals surface area contributed by atoms with Crippen molar-refractivity contribution >= 4 is 11.6 Å². The molecule has 0 aliphatic rings. The van der Waals surface area contributed by atoms with Crippen LogP contribution in [0.15, 0.2) is 12.1 Å².